The van der Waals surface area contributed by atoms with Gasteiger partial charge in [-0.1, -0.05) is 42.5 Å². The number of carbonyl (C=O) groups excluding carboxylic acids is 1. The number of fused-ring (bicyclic) bond motifs is 2. The van der Waals surface area contributed by atoms with Gasteiger partial charge < -0.3 is 10.0 Å². The quantitative estimate of drug-likeness (QED) is 0.778. The van der Waals surface area contributed by atoms with Crippen LogP contribution in [0.4, 0.5) is 0 Å². The molecule has 4 heteroatoms. The van der Waals surface area contributed by atoms with Crippen molar-refractivity contribution in [2.75, 3.05) is 6.54 Å². The molecule has 4 nitrogen and oxygen atoms in total. The van der Waals surface area contributed by atoms with Crippen molar-refractivity contribution in [3.05, 3.63) is 82.9 Å². The van der Waals surface area contributed by atoms with Gasteiger partial charge in [0.2, 0.25) is 0 Å². The zero-order valence-electron chi connectivity index (χ0n) is 13.6. The van der Waals surface area contributed by atoms with Gasteiger partial charge in [0.25, 0.3) is 5.91 Å². The van der Waals surface area contributed by atoms with Gasteiger partial charge in [0.05, 0.1) is 5.56 Å². The van der Waals surface area contributed by atoms with E-state index < -0.39 is 5.97 Å². The topological polar surface area (TPSA) is 57.6 Å². The van der Waals surface area contributed by atoms with Crippen LogP contribution in [0, 0.1) is 0 Å². The summed E-state index contributed by atoms with van der Waals surface area (Å²) in [6.45, 7) is 1.08. The maximum Gasteiger partial charge on any atom is 0.335 e. The van der Waals surface area contributed by atoms with Crippen LogP contribution in [0.25, 0.3) is 10.8 Å². The first-order valence-electron chi connectivity index (χ1n) is 8.25. The van der Waals surface area contributed by atoms with Crippen molar-refractivity contribution >= 4 is 22.6 Å². The van der Waals surface area contributed by atoms with Gasteiger partial charge in [-0.2, -0.15) is 0 Å². The van der Waals surface area contributed by atoms with Crippen LogP contribution in [-0.4, -0.2) is 28.4 Å². The highest BCUT2D eigenvalue weighted by molar-refractivity contribution is 6.07. The Labute approximate surface area is 145 Å². The zero-order valence-corrected chi connectivity index (χ0v) is 13.6. The average molecular weight is 331 g/mol. The standard InChI is InChI=1S/C21H17NO3/c23-20(19-7-3-5-15-4-1-2-6-18(15)19)22-11-10-14-8-9-16(21(24)25)12-17(14)13-22/h1-9,12H,10-11,13H2,(H,24,25). The number of hydrogen-bond donors (Lipinski definition) is 1. The third-order valence-electron chi connectivity index (χ3n) is 4.77. The molecule has 3 aromatic carbocycles. The number of aromatic carboxylic acids is 1. The van der Waals surface area contributed by atoms with E-state index in [1.807, 2.05) is 48.5 Å². The van der Waals surface area contributed by atoms with Crippen LogP contribution in [-0.2, 0) is 13.0 Å². The van der Waals surface area contributed by atoms with Crippen molar-refractivity contribution < 1.29 is 14.7 Å². The lowest BCUT2D eigenvalue weighted by Gasteiger charge is -2.29. The summed E-state index contributed by atoms with van der Waals surface area (Å²) >= 11 is 0. The van der Waals surface area contributed by atoms with Crippen molar-refractivity contribution in [2.24, 2.45) is 0 Å². The predicted octanol–water partition coefficient (Wildman–Crippen LogP) is 3.74. The van der Waals surface area contributed by atoms with Gasteiger partial charge >= 0.3 is 5.97 Å². The number of carboxylic acids is 1. The third-order valence-corrected chi connectivity index (χ3v) is 4.77. The molecular weight excluding hydrogens is 314 g/mol. The number of hydrogen-bond acceptors (Lipinski definition) is 2. The van der Waals surface area contributed by atoms with Gasteiger partial charge in [-0.25, -0.2) is 4.79 Å². The van der Waals surface area contributed by atoms with Crippen LogP contribution < -0.4 is 0 Å². The monoisotopic (exact) mass is 331 g/mol. The maximum atomic E-state index is 13.1. The zero-order chi connectivity index (χ0) is 17.4. The molecule has 1 N–H and O–H groups in total. The maximum absolute atomic E-state index is 13.1. The summed E-state index contributed by atoms with van der Waals surface area (Å²) in [5, 5.41) is 11.2. The molecule has 1 aliphatic rings. The summed E-state index contributed by atoms with van der Waals surface area (Å²) in [7, 11) is 0. The van der Waals surface area contributed by atoms with Crippen molar-refractivity contribution in [1.29, 1.82) is 0 Å². The number of benzene rings is 3. The molecule has 0 spiro atoms. The second-order valence-corrected chi connectivity index (χ2v) is 6.29. The van der Waals surface area contributed by atoms with E-state index in [1.54, 1.807) is 17.0 Å². The molecule has 0 aromatic heterocycles. The molecule has 124 valence electrons. The lowest BCUT2D eigenvalue weighted by Crippen LogP contribution is -2.36. The molecule has 1 amide bonds. The highest BCUT2D eigenvalue weighted by Gasteiger charge is 2.23. The molecule has 1 heterocycles. The Hall–Kier alpha value is -3.14. The van der Waals surface area contributed by atoms with E-state index in [9.17, 15) is 14.7 Å². The van der Waals surface area contributed by atoms with Crippen molar-refractivity contribution in [1.82, 2.24) is 4.90 Å². The molecule has 0 atom stereocenters. The Kier molecular flexibility index (Phi) is 3.73. The van der Waals surface area contributed by atoms with E-state index >= 15 is 0 Å². The van der Waals surface area contributed by atoms with E-state index in [1.165, 1.54) is 0 Å². The van der Waals surface area contributed by atoms with Crippen LogP contribution >= 0.6 is 0 Å². The SMILES string of the molecule is O=C(O)c1ccc2c(c1)CN(C(=O)c1cccc3ccccc13)CC2. The fourth-order valence-corrected chi connectivity index (χ4v) is 3.45. The van der Waals surface area contributed by atoms with E-state index in [0.717, 1.165) is 28.3 Å². The summed E-state index contributed by atoms with van der Waals surface area (Å²) in [6, 6.07) is 18.8. The average Bonchev–Trinajstić information content (AvgIpc) is 2.66. The second kappa shape index (κ2) is 6.06. The molecule has 0 fully saturated rings. The Bertz CT molecular complexity index is 988. The second-order valence-electron chi connectivity index (χ2n) is 6.29. The van der Waals surface area contributed by atoms with Crippen LogP contribution in [0.3, 0.4) is 0 Å². The minimum absolute atomic E-state index is 0.0109. The Morgan fingerprint density at radius 3 is 2.56 bits per heavy atom. The van der Waals surface area contributed by atoms with E-state index in [4.69, 9.17) is 0 Å². The number of nitrogens with zero attached hydrogens (tertiary/aromatic N) is 1. The summed E-state index contributed by atoms with van der Waals surface area (Å²) in [5.41, 5.74) is 2.99. The normalized spacial score (nSPS) is 13.5. The highest BCUT2D eigenvalue weighted by Crippen LogP contribution is 2.25. The summed E-state index contributed by atoms with van der Waals surface area (Å²) in [5.74, 6) is -0.955. The molecule has 1 aliphatic heterocycles. The first-order valence-corrected chi connectivity index (χ1v) is 8.25. The van der Waals surface area contributed by atoms with Gasteiger partial charge in [0.15, 0.2) is 0 Å². The lowest BCUT2D eigenvalue weighted by molar-refractivity contribution is 0.0696. The van der Waals surface area contributed by atoms with Gasteiger partial charge in [0.1, 0.15) is 0 Å². The van der Waals surface area contributed by atoms with Gasteiger partial charge in [-0.15, -0.1) is 0 Å². The summed E-state index contributed by atoms with van der Waals surface area (Å²) in [4.78, 5) is 26.0. The Morgan fingerprint density at radius 2 is 1.72 bits per heavy atom. The first-order chi connectivity index (χ1) is 12.1. The van der Waals surface area contributed by atoms with Crippen LogP contribution in [0.2, 0.25) is 0 Å². The van der Waals surface area contributed by atoms with Gasteiger partial charge in [0, 0.05) is 18.7 Å². The fourth-order valence-electron chi connectivity index (χ4n) is 3.45. The molecule has 25 heavy (non-hydrogen) atoms. The summed E-state index contributed by atoms with van der Waals surface area (Å²) < 4.78 is 0. The van der Waals surface area contributed by atoms with E-state index in [2.05, 4.69) is 0 Å². The van der Waals surface area contributed by atoms with E-state index in [0.29, 0.717) is 18.7 Å². The molecule has 0 saturated heterocycles. The van der Waals surface area contributed by atoms with Gasteiger partial charge in [-0.05, 0) is 46.5 Å². The molecule has 0 bridgehead atoms. The number of carboxylic acid groups (broad SMARTS) is 1. The largest absolute Gasteiger partial charge is 0.478 e. The Morgan fingerprint density at radius 1 is 0.920 bits per heavy atom. The lowest BCUT2D eigenvalue weighted by atomic mass is 9.96. The number of rotatable bonds is 2. The fraction of sp³-hybridized carbons (Fsp3) is 0.143. The van der Waals surface area contributed by atoms with Gasteiger partial charge in [-0.3, -0.25) is 4.79 Å². The van der Waals surface area contributed by atoms with E-state index in [-0.39, 0.29) is 11.5 Å². The minimum Gasteiger partial charge on any atom is -0.478 e. The van der Waals surface area contributed by atoms with Crippen LogP contribution in [0.5, 0.6) is 0 Å². The first kappa shape index (κ1) is 15.4. The van der Waals surface area contributed by atoms with Crippen molar-refractivity contribution in [2.45, 2.75) is 13.0 Å². The summed E-state index contributed by atoms with van der Waals surface area (Å²) in [6.07, 6.45) is 0.742. The highest BCUT2D eigenvalue weighted by atomic mass is 16.4. The number of carbonyl (C=O) groups is 2. The van der Waals surface area contributed by atoms with Crippen LogP contribution in [0.15, 0.2) is 60.7 Å². The van der Waals surface area contributed by atoms with Crippen molar-refractivity contribution in [3.63, 3.8) is 0 Å². The molecule has 3 aromatic rings. The molecular formula is C21H17NO3. The predicted molar refractivity (Wildman–Crippen MR) is 95.8 cm³/mol. The molecule has 0 saturated carbocycles. The third kappa shape index (κ3) is 2.76. The smallest absolute Gasteiger partial charge is 0.335 e. The Balaban J connectivity index is 1.68. The molecule has 0 aliphatic carbocycles. The van der Waals surface area contributed by atoms with Crippen molar-refractivity contribution in [3.8, 4) is 0 Å². The molecule has 0 unspecified atom stereocenters. The van der Waals surface area contributed by atoms with Crippen LogP contribution in [0.1, 0.15) is 31.8 Å². The number of amides is 1. The molecule has 0 radical (unpaired) electrons. The minimum atomic E-state index is -0.944. The molecule has 4 rings (SSSR count).